The first-order valence-electron chi connectivity index (χ1n) is 8.70. The van der Waals surface area contributed by atoms with Crippen LogP contribution in [0.3, 0.4) is 0 Å². The molecular weight excluding hydrogens is 440 g/mol. The van der Waals surface area contributed by atoms with E-state index in [0.29, 0.717) is 23.0 Å². The summed E-state index contributed by atoms with van der Waals surface area (Å²) in [6.45, 7) is 4.17. The van der Waals surface area contributed by atoms with Crippen LogP contribution in [0.2, 0.25) is 0 Å². The van der Waals surface area contributed by atoms with Crippen LogP contribution in [0.1, 0.15) is 24.2 Å². The van der Waals surface area contributed by atoms with Crippen molar-refractivity contribution in [2.45, 2.75) is 25.5 Å². The molecule has 144 valence electrons. The first-order chi connectivity index (χ1) is 13.5. The molecule has 3 rings (SSSR count). The molecule has 0 bridgehead atoms. The van der Waals surface area contributed by atoms with Crippen LogP contribution in [-0.2, 0) is 11.3 Å². The zero-order valence-electron chi connectivity index (χ0n) is 15.5. The van der Waals surface area contributed by atoms with E-state index in [4.69, 9.17) is 0 Å². The van der Waals surface area contributed by atoms with Gasteiger partial charge in [-0.2, -0.15) is 0 Å². The summed E-state index contributed by atoms with van der Waals surface area (Å²) in [6, 6.07) is 14.8. The molecule has 0 aliphatic heterocycles. The Morgan fingerprint density at radius 2 is 1.75 bits per heavy atom. The van der Waals surface area contributed by atoms with Crippen LogP contribution in [0, 0.1) is 0 Å². The van der Waals surface area contributed by atoms with E-state index in [1.165, 1.54) is 18.7 Å². The predicted molar refractivity (Wildman–Crippen MR) is 115 cm³/mol. The fourth-order valence-electron chi connectivity index (χ4n) is 2.65. The number of benzene rings is 2. The van der Waals surface area contributed by atoms with Crippen LogP contribution in [-0.4, -0.2) is 32.2 Å². The van der Waals surface area contributed by atoms with Crippen LogP contribution in [0.25, 0.3) is 11.4 Å². The number of thioether (sulfide) groups is 1. The molecule has 3 aromatic rings. The summed E-state index contributed by atoms with van der Waals surface area (Å²) < 4.78 is 2.92. The maximum atomic E-state index is 12.4. The Morgan fingerprint density at radius 1 is 1.07 bits per heavy atom. The summed E-state index contributed by atoms with van der Waals surface area (Å²) >= 11 is 4.75. The summed E-state index contributed by atoms with van der Waals surface area (Å²) in [4.78, 5) is 23.6. The molecule has 0 fully saturated rings. The van der Waals surface area contributed by atoms with E-state index in [0.717, 1.165) is 21.5 Å². The number of anilines is 1. The Labute approximate surface area is 175 Å². The summed E-state index contributed by atoms with van der Waals surface area (Å²) in [5.41, 5.74) is 2.30. The lowest BCUT2D eigenvalue weighted by Crippen LogP contribution is -2.06. The second-order valence-corrected chi connectivity index (χ2v) is 7.89. The minimum Gasteiger partial charge on any atom is -0.326 e. The Hall–Kier alpha value is -2.45. The Kier molecular flexibility index (Phi) is 6.64. The topological polar surface area (TPSA) is 76.9 Å². The monoisotopic (exact) mass is 458 g/mol. The van der Waals surface area contributed by atoms with Crippen LogP contribution >= 0.6 is 27.7 Å². The number of nitrogens with zero attached hydrogens (tertiary/aromatic N) is 3. The average molecular weight is 459 g/mol. The fraction of sp³-hybridized carbons (Fsp3) is 0.200. The van der Waals surface area contributed by atoms with Gasteiger partial charge in [0.05, 0.1) is 5.75 Å². The molecule has 0 aliphatic carbocycles. The van der Waals surface area contributed by atoms with Crippen molar-refractivity contribution in [2.75, 3.05) is 11.1 Å². The van der Waals surface area contributed by atoms with Gasteiger partial charge in [0.15, 0.2) is 16.8 Å². The van der Waals surface area contributed by atoms with Gasteiger partial charge in [-0.3, -0.25) is 9.59 Å². The van der Waals surface area contributed by atoms with Crippen molar-refractivity contribution in [3.8, 4) is 11.4 Å². The van der Waals surface area contributed by atoms with Crippen molar-refractivity contribution in [1.82, 2.24) is 14.8 Å². The minimum absolute atomic E-state index is 0.0457. The number of rotatable bonds is 7. The van der Waals surface area contributed by atoms with E-state index >= 15 is 0 Å². The molecule has 0 aliphatic rings. The largest absolute Gasteiger partial charge is 0.326 e. The average Bonchev–Trinajstić information content (AvgIpc) is 3.09. The van der Waals surface area contributed by atoms with E-state index in [2.05, 4.69) is 31.4 Å². The number of carbonyl (C=O) groups is 2. The lowest BCUT2D eigenvalue weighted by atomic mass is 10.2. The van der Waals surface area contributed by atoms with Crippen molar-refractivity contribution in [3.63, 3.8) is 0 Å². The van der Waals surface area contributed by atoms with Gasteiger partial charge in [-0.15, -0.1) is 10.2 Å². The third kappa shape index (κ3) is 4.88. The van der Waals surface area contributed by atoms with Gasteiger partial charge in [-0.05, 0) is 43.3 Å². The SMILES string of the molecule is CCn1c(SCC(=O)c2ccc(Br)cc2)nnc1-c1ccc(NC(C)=O)cc1. The van der Waals surface area contributed by atoms with Crippen LogP contribution < -0.4 is 5.32 Å². The lowest BCUT2D eigenvalue weighted by molar-refractivity contribution is -0.114. The van der Waals surface area contributed by atoms with Gasteiger partial charge in [0.25, 0.3) is 0 Å². The Bertz CT molecular complexity index is 984. The number of ketones is 1. The maximum Gasteiger partial charge on any atom is 0.221 e. The Morgan fingerprint density at radius 3 is 2.36 bits per heavy atom. The number of nitrogens with one attached hydrogen (secondary N) is 1. The van der Waals surface area contributed by atoms with Gasteiger partial charge in [0.2, 0.25) is 5.91 Å². The molecule has 0 spiro atoms. The summed E-state index contributed by atoms with van der Waals surface area (Å²) in [6.07, 6.45) is 0. The quantitative estimate of drug-likeness (QED) is 0.411. The van der Waals surface area contributed by atoms with Crippen molar-refractivity contribution in [1.29, 1.82) is 0 Å². The molecule has 1 N–H and O–H groups in total. The van der Waals surface area contributed by atoms with Gasteiger partial charge in [-0.1, -0.05) is 39.8 Å². The smallest absolute Gasteiger partial charge is 0.221 e. The highest BCUT2D eigenvalue weighted by atomic mass is 79.9. The molecule has 0 saturated carbocycles. The van der Waals surface area contributed by atoms with E-state index < -0.39 is 0 Å². The van der Waals surface area contributed by atoms with E-state index in [1.54, 1.807) is 12.1 Å². The van der Waals surface area contributed by atoms with Crippen molar-refractivity contribution < 1.29 is 9.59 Å². The molecule has 0 unspecified atom stereocenters. The number of hydrogen-bond acceptors (Lipinski definition) is 5. The molecule has 0 atom stereocenters. The van der Waals surface area contributed by atoms with Gasteiger partial charge >= 0.3 is 0 Å². The standard InChI is InChI=1S/C20H19BrN4O2S/c1-3-25-19(15-6-10-17(11-7-15)22-13(2)26)23-24-20(25)28-12-18(27)14-4-8-16(21)9-5-14/h4-11H,3,12H2,1-2H3,(H,22,26). The zero-order valence-corrected chi connectivity index (χ0v) is 17.9. The number of Topliss-reactive ketones (excluding diaryl/α,β-unsaturated/α-hetero) is 1. The molecule has 1 aromatic heterocycles. The van der Waals surface area contributed by atoms with Crippen molar-refractivity contribution in [2.24, 2.45) is 0 Å². The Balaban J connectivity index is 1.73. The molecule has 0 saturated heterocycles. The highest BCUT2D eigenvalue weighted by molar-refractivity contribution is 9.10. The summed E-state index contributed by atoms with van der Waals surface area (Å²) in [5, 5.41) is 12.0. The molecule has 8 heteroatoms. The second kappa shape index (κ2) is 9.16. The molecular formula is C20H19BrN4O2S. The number of carbonyl (C=O) groups excluding carboxylic acids is 2. The highest BCUT2D eigenvalue weighted by Gasteiger charge is 2.15. The van der Waals surface area contributed by atoms with Crippen LogP contribution in [0.15, 0.2) is 58.2 Å². The summed E-state index contributed by atoms with van der Waals surface area (Å²) in [5.74, 6) is 0.958. The molecule has 0 radical (unpaired) electrons. The molecule has 1 amide bonds. The first-order valence-corrected chi connectivity index (χ1v) is 10.5. The summed E-state index contributed by atoms with van der Waals surface area (Å²) in [7, 11) is 0. The van der Waals surface area contributed by atoms with Crippen molar-refractivity contribution >= 4 is 45.1 Å². The third-order valence-electron chi connectivity index (χ3n) is 4.00. The molecule has 6 nitrogen and oxygen atoms in total. The molecule has 28 heavy (non-hydrogen) atoms. The first kappa shape index (κ1) is 20.3. The molecule has 2 aromatic carbocycles. The van der Waals surface area contributed by atoms with Gasteiger partial charge in [0, 0.05) is 34.8 Å². The van der Waals surface area contributed by atoms with Crippen LogP contribution in [0.4, 0.5) is 5.69 Å². The molecule has 1 heterocycles. The maximum absolute atomic E-state index is 12.4. The number of aromatic nitrogens is 3. The number of amides is 1. The second-order valence-electron chi connectivity index (χ2n) is 6.03. The van der Waals surface area contributed by atoms with Crippen LogP contribution in [0.5, 0.6) is 0 Å². The fourth-order valence-corrected chi connectivity index (χ4v) is 3.81. The van der Waals surface area contributed by atoms with E-state index in [-0.39, 0.29) is 11.7 Å². The highest BCUT2D eigenvalue weighted by Crippen LogP contribution is 2.26. The van der Waals surface area contributed by atoms with Gasteiger partial charge < -0.3 is 9.88 Å². The number of hydrogen-bond donors (Lipinski definition) is 1. The van der Waals surface area contributed by atoms with Crippen molar-refractivity contribution in [3.05, 3.63) is 58.6 Å². The zero-order chi connectivity index (χ0) is 20.1. The lowest BCUT2D eigenvalue weighted by Gasteiger charge is -2.08. The van der Waals surface area contributed by atoms with Gasteiger partial charge in [-0.25, -0.2) is 0 Å². The van der Waals surface area contributed by atoms with E-state index in [9.17, 15) is 9.59 Å². The normalized spacial score (nSPS) is 10.7. The van der Waals surface area contributed by atoms with E-state index in [1.807, 2.05) is 47.9 Å². The number of halogens is 1. The predicted octanol–water partition coefficient (Wildman–Crippen LogP) is 4.66. The third-order valence-corrected chi connectivity index (χ3v) is 5.49. The van der Waals surface area contributed by atoms with Gasteiger partial charge in [0.1, 0.15) is 0 Å². The minimum atomic E-state index is -0.112.